The average molecular weight is 408 g/mol. The zero-order chi connectivity index (χ0) is 22.1. The van der Waals surface area contributed by atoms with Crippen LogP contribution in [0.3, 0.4) is 0 Å². The summed E-state index contributed by atoms with van der Waals surface area (Å²) in [5.74, 6) is -0.303. The van der Waals surface area contributed by atoms with Crippen LogP contribution in [0.2, 0.25) is 0 Å². The number of methoxy groups -OCH3 is 1. The average Bonchev–Trinajstić information content (AvgIpc) is 3.01. The van der Waals surface area contributed by atoms with E-state index >= 15 is 0 Å². The van der Waals surface area contributed by atoms with Gasteiger partial charge < -0.3 is 9.64 Å². The van der Waals surface area contributed by atoms with E-state index in [1.165, 1.54) is 4.90 Å². The van der Waals surface area contributed by atoms with Crippen molar-refractivity contribution >= 4 is 23.4 Å². The van der Waals surface area contributed by atoms with Crippen molar-refractivity contribution in [3.63, 3.8) is 0 Å². The summed E-state index contributed by atoms with van der Waals surface area (Å²) in [5.41, 5.74) is 1.35. The Bertz CT molecular complexity index is 965. The topological polar surface area (TPSA) is 66.9 Å². The molecule has 30 heavy (non-hydrogen) atoms. The van der Waals surface area contributed by atoms with Gasteiger partial charge in [0.1, 0.15) is 11.8 Å². The first-order valence-corrected chi connectivity index (χ1v) is 10.1. The van der Waals surface area contributed by atoms with Crippen LogP contribution in [-0.2, 0) is 9.59 Å². The Morgan fingerprint density at radius 3 is 2.40 bits per heavy atom. The van der Waals surface area contributed by atoms with Gasteiger partial charge in [-0.3, -0.25) is 14.4 Å². The van der Waals surface area contributed by atoms with E-state index in [2.05, 4.69) is 0 Å². The Morgan fingerprint density at radius 1 is 1.17 bits per heavy atom. The van der Waals surface area contributed by atoms with Crippen molar-refractivity contribution in [2.45, 2.75) is 52.1 Å². The van der Waals surface area contributed by atoms with E-state index in [0.717, 1.165) is 5.56 Å². The molecule has 1 fully saturated rings. The monoisotopic (exact) mass is 408 g/mol. The summed E-state index contributed by atoms with van der Waals surface area (Å²) in [4.78, 5) is 42.4. The summed E-state index contributed by atoms with van der Waals surface area (Å²) in [7, 11) is 1.55. The van der Waals surface area contributed by atoms with E-state index < -0.39 is 11.6 Å². The molecule has 0 radical (unpaired) electrons. The molecule has 3 rings (SSSR count). The Morgan fingerprint density at radius 2 is 1.83 bits per heavy atom. The third-order valence-corrected chi connectivity index (χ3v) is 5.77. The predicted octanol–water partition coefficient (Wildman–Crippen LogP) is 3.97. The van der Waals surface area contributed by atoms with E-state index in [1.54, 1.807) is 42.3 Å². The van der Waals surface area contributed by atoms with Gasteiger partial charge in [0.15, 0.2) is 0 Å². The second-order valence-corrected chi connectivity index (χ2v) is 8.20. The number of nitrogens with zero attached hydrogens (tertiary/aromatic N) is 2. The Kier molecular flexibility index (Phi) is 5.97. The highest BCUT2D eigenvalue weighted by molar-refractivity contribution is 6.23. The fraction of sp³-hybridized carbons (Fsp3) is 0.375. The minimum Gasteiger partial charge on any atom is -0.497 e. The summed E-state index contributed by atoms with van der Waals surface area (Å²) in [6.45, 7) is 7.74. The molecule has 6 heteroatoms. The number of amides is 3. The SMILES string of the molecule is CCC(C)(C)N(C(=O)c1cccc(C)c1)C1CC(=O)N(c2ccc(OC)cc2)C1=O. The van der Waals surface area contributed by atoms with E-state index in [4.69, 9.17) is 4.74 Å². The zero-order valence-corrected chi connectivity index (χ0v) is 18.1. The molecule has 1 unspecified atom stereocenters. The van der Waals surface area contributed by atoms with Crippen molar-refractivity contribution in [2.75, 3.05) is 12.0 Å². The van der Waals surface area contributed by atoms with Crippen LogP contribution >= 0.6 is 0 Å². The first kappa shape index (κ1) is 21.6. The van der Waals surface area contributed by atoms with Crippen molar-refractivity contribution in [3.8, 4) is 5.75 Å². The minimum absolute atomic E-state index is 0.0359. The van der Waals surface area contributed by atoms with Crippen molar-refractivity contribution in [3.05, 3.63) is 59.7 Å². The summed E-state index contributed by atoms with van der Waals surface area (Å²) in [6.07, 6.45) is 0.608. The van der Waals surface area contributed by atoms with Gasteiger partial charge in [-0.05, 0) is 63.6 Å². The lowest BCUT2D eigenvalue weighted by molar-refractivity contribution is -0.123. The fourth-order valence-corrected chi connectivity index (χ4v) is 3.75. The maximum absolute atomic E-state index is 13.5. The van der Waals surface area contributed by atoms with E-state index in [-0.39, 0.29) is 24.1 Å². The van der Waals surface area contributed by atoms with Crippen LogP contribution in [0.4, 0.5) is 5.69 Å². The standard InChI is InChI=1S/C24H28N2O4/c1-6-24(3,4)26(22(28)17-9-7-8-16(2)14-17)20-15-21(27)25(23(20)29)18-10-12-19(30-5)13-11-18/h7-14,20H,6,15H2,1-5H3. The van der Waals surface area contributed by atoms with Gasteiger partial charge in [-0.15, -0.1) is 0 Å². The highest BCUT2D eigenvalue weighted by Gasteiger charge is 2.48. The normalized spacial score (nSPS) is 16.7. The highest BCUT2D eigenvalue weighted by atomic mass is 16.5. The first-order chi connectivity index (χ1) is 14.2. The molecule has 2 aromatic carbocycles. The lowest BCUT2D eigenvalue weighted by Crippen LogP contribution is -2.55. The number of hydrogen-bond donors (Lipinski definition) is 0. The zero-order valence-electron chi connectivity index (χ0n) is 18.1. The molecule has 1 saturated heterocycles. The second kappa shape index (κ2) is 8.30. The maximum Gasteiger partial charge on any atom is 0.257 e. The van der Waals surface area contributed by atoms with E-state index in [0.29, 0.717) is 23.4 Å². The van der Waals surface area contributed by atoms with Crippen LogP contribution in [0, 0.1) is 6.92 Å². The van der Waals surface area contributed by atoms with Crippen molar-refractivity contribution in [2.24, 2.45) is 0 Å². The quantitative estimate of drug-likeness (QED) is 0.679. The number of ether oxygens (including phenoxy) is 1. The minimum atomic E-state index is -0.845. The van der Waals surface area contributed by atoms with Gasteiger partial charge in [-0.2, -0.15) is 0 Å². The Hall–Kier alpha value is -3.15. The lowest BCUT2D eigenvalue weighted by Gasteiger charge is -2.41. The van der Waals surface area contributed by atoms with Crippen LogP contribution in [-0.4, -0.2) is 41.3 Å². The van der Waals surface area contributed by atoms with Gasteiger partial charge in [-0.25, -0.2) is 4.90 Å². The Balaban J connectivity index is 1.98. The molecule has 0 bridgehead atoms. The van der Waals surface area contributed by atoms with Crippen LogP contribution in [0.5, 0.6) is 5.75 Å². The lowest BCUT2D eigenvalue weighted by atomic mass is 9.94. The molecule has 0 spiro atoms. The summed E-state index contributed by atoms with van der Waals surface area (Å²) in [5, 5.41) is 0. The molecule has 0 aliphatic carbocycles. The van der Waals surface area contributed by atoms with Crippen molar-refractivity contribution < 1.29 is 19.1 Å². The predicted molar refractivity (Wildman–Crippen MR) is 116 cm³/mol. The van der Waals surface area contributed by atoms with Crippen LogP contribution < -0.4 is 9.64 Å². The van der Waals surface area contributed by atoms with Gasteiger partial charge in [0.25, 0.3) is 11.8 Å². The van der Waals surface area contributed by atoms with Gasteiger partial charge in [0.2, 0.25) is 5.91 Å². The molecule has 1 heterocycles. The van der Waals surface area contributed by atoms with E-state index in [9.17, 15) is 14.4 Å². The highest BCUT2D eigenvalue weighted by Crippen LogP contribution is 2.33. The van der Waals surface area contributed by atoms with Gasteiger partial charge >= 0.3 is 0 Å². The first-order valence-electron chi connectivity index (χ1n) is 10.1. The number of hydrogen-bond acceptors (Lipinski definition) is 4. The summed E-state index contributed by atoms with van der Waals surface area (Å²) >= 11 is 0. The third-order valence-electron chi connectivity index (χ3n) is 5.77. The molecule has 0 aromatic heterocycles. The number of imide groups is 1. The van der Waals surface area contributed by atoms with Crippen molar-refractivity contribution in [1.82, 2.24) is 4.90 Å². The summed E-state index contributed by atoms with van der Waals surface area (Å²) in [6, 6.07) is 13.2. The molecule has 1 aliphatic heterocycles. The number of rotatable bonds is 6. The largest absolute Gasteiger partial charge is 0.497 e. The molecule has 0 saturated carbocycles. The number of anilines is 1. The smallest absolute Gasteiger partial charge is 0.257 e. The molecule has 2 aromatic rings. The summed E-state index contributed by atoms with van der Waals surface area (Å²) < 4.78 is 5.15. The maximum atomic E-state index is 13.5. The van der Waals surface area contributed by atoms with Crippen molar-refractivity contribution in [1.29, 1.82) is 0 Å². The Labute approximate surface area is 177 Å². The number of carbonyl (C=O) groups is 3. The van der Waals surface area contributed by atoms with Gasteiger partial charge in [-0.1, -0.05) is 24.6 Å². The second-order valence-electron chi connectivity index (χ2n) is 8.20. The van der Waals surface area contributed by atoms with Crippen LogP contribution in [0.15, 0.2) is 48.5 Å². The molecule has 158 valence electrons. The molecular weight excluding hydrogens is 380 g/mol. The molecular formula is C24H28N2O4. The van der Waals surface area contributed by atoms with Gasteiger partial charge in [0, 0.05) is 11.1 Å². The molecule has 0 N–H and O–H groups in total. The van der Waals surface area contributed by atoms with Crippen LogP contribution in [0.25, 0.3) is 0 Å². The fourth-order valence-electron chi connectivity index (χ4n) is 3.75. The van der Waals surface area contributed by atoms with Crippen LogP contribution in [0.1, 0.15) is 49.5 Å². The number of carbonyl (C=O) groups excluding carboxylic acids is 3. The van der Waals surface area contributed by atoms with Gasteiger partial charge in [0.05, 0.1) is 19.2 Å². The molecule has 3 amide bonds. The molecule has 1 aliphatic rings. The number of benzene rings is 2. The third kappa shape index (κ3) is 3.95. The molecule has 6 nitrogen and oxygen atoms in total. The number of aryl methyl sites for hydroxylation is 1. The van der Waals surface area contributed by atoms with E-state index in [1.807, 2.05) is 45.9 Å². The molecule has 1 atom stereocenters.